The highest BCUT2D eigenvalue weighted by Gasteiger charge is 2.07. The van der Waals surface area contributed by atoms with Crippen LogP contribution in [0.1, 0.15) is 11.3 Å². The zero-order chi connectivity index (χ0) is 18.5. The standard InChI is InChI=1S/C20H16N4O2S/c25-18(12-14-6-2-1-3-7-14)24-21-13-15-10-11-19(26-15)27-20-22-16-8-4-5-9-17(16)23-20/h1-11,13H,12H2,(H,22,23)(H,24,25)/b21-13-. The van der Waals surface area contributed by atoms with Crippen LogP contribution in [0.15, 0.2) is 86.5 Å². The van der Waals surface area contributed by atoms with Gasteiger partial charge in [-0.05, 0) is 41.6 Å². The summed E-state index contributed by atoms with van der Waals surface area (Å²) in [6.45, 7) is 0. The van der Waals surface area contributed by atoms with Crippen LogP contribution in [-0.2, 0) is 11.2 Å². The number of hydrogen-bond acceptors (Lipinski definition) is 5. The Balaban J connectivity index is 1.33. The Hall–Kier alpha value is -3.32. The van der Waals surface area contributed by atoms with E-state index in [4.69, 9.17) is 4.42 Å². The van der Waals surface area contributed by atoms with Gasteiger partial charge >= 0.3 is 0 Å². The van der Waals surface area contributed by atoms with Crippen molar-refractivity contribution in [3.63, 3.8) is 0 Å². The van der Waals surface area contributed by atoms with E-state index in [0.29, 0.717) is 10.9 Å². The summed E-state index contributed by atoms with van der Waals surface area (Å²) < 4.78 is 5.69. The lowest BCUT2D eigenvalue weighted by Crippen LogP contribution is -2.19. The first-order valence-electron chi connectivity index (χ1n) is 8.34. The number of hydrazone groups is 1. The number of amides is 1. The number of hydrogen-bond donors (Lipinski definition) is 2. The summed E-state index contributed by atoms with van der Waals surface area (Å²) in [7, 11) is 0. The molecule has 0 fully saturated rings. The number of carbonyl (C=O) groups is 1. The van der Waals surface area contributed by atoms with Gasteiger partial charge in [-0.1, -0.05) is 42.5 Å². The molecule has 4 aromatic rings. The van der Waals surface area contributed by atoms with Crippen molar-refractivity contribution in [2.75, 3.05) is 0 Å². The Morgan fingerprint density at radius 1 is 1.11 bits per heavy atom. The largest absolute Gasteiger partial charge is 0.448 e. The first-order chi connectivity index (χ1) is 13.3. The SMILES string of the molecule is O=C(Cc1ccccc1)N/N=C\c1ccc(Sc2nc3ccccc3[nH]2)o1. The first-order valence-corrected chi connectivity index (χ1v) is 9.16. The molecular weight excluding hydrogens is 360 g/mol. The first kappa shape index (κ1) is 17.1. The second kappa shape index (κ2) is 7.92. The minimum Gasteiger partial charge on any atom is -0.448 e. The fourth-order valence-corrected chi connectivity index (χ4v) is 3.29. The number of rotatable bonds is 6. The summed E-state index contributed by atoms with van der Waals surface area (Å²) in [5.74, 6) is 0.370. The molecule has 0 aliphatic heterocycles. The molecule has 0 aliphatic carbocycles. The molecule has 0 saturated carbocycles. The molecule has 0 unspecified atom stereocenters. The Labute approximate surface area is 159 Å². The Morgan fingerprint density at radius 3 is 2.78 bits per heavy atom. The van der Waals surface area contributed by atoms with Gasteiger partial charge in [-0.15, -0.1) is 0 Å². The molecule has 0 bridgehead atoms. The number of nitrogens with zero attached hydrogens (tertiary/aromatic N) is 2. The Kier molecular flexibility index (Phi) is 5.02. The molecular formula is C20H16N4O2S. The molecule has 2 N–H and O–H groups in total. The average molecular weight is 376 g/mol. The Bertz CT molecular complexity index is 1050. The van der Waals surface area contributed by atoms with Gasteiger partial charge in [-0.25, -0.2) is 10.4 Å². The second-order valence-electron chi connectivity index (χ2n) is 5.77. The van der Waals surface area contributed by atoms with Gasteiger partial charge in [0.2, 0.25) is 5.91 Å². The smallest absolute Gasteiger partial charge is 0.244 e. The maximum Gasteiger partial charge on any atom is 0.244 e. The van der Waals surface area contributed by atoms with Crippen LogP contribution in [0.2, 0.25) is 0 Å². The maximum atomic E-state index is 11.9. The number of imidazole rings is 1. The normalized spacial score (nSPS) is 11.3. The molecule has 0 aliphatic rings. The van der Waals surface area contributed by atoms with E-state index in [-0.39, 0.29) is 12.3 Å². The molecule has 2 aromatic carbocycles. The zero-order valence-corrected chi connectivity index (χ0v) is 15.1. The number of carbonyl (C=O) groups excluding carboxylic acids is 1. The highest BCUT2D eigenvalue weighted by atomic mass is 32.2. The fraction of sp³-hybridized carbons (Fsp3) is 0.0500. The predicted molar refractivity (Wildman–Crippen MR) is 105 cm³/mol. The molecule has 0 atom stereocenters. The van der Waals surface area contributed by atoms with E-state index >= 15 is 0 Å². The lowest BCUT2D eigenvalue weighted by Gasteiger charge is -1.99. The van der Waals surface area contributed by atoms with Crippen molar-refractivity contribution in [1.82, 2.24) is 15.4 Å². The molecule has 2 heterocycles. The molecule has 7 heteroatoms. The number of H-pyrrole nitrogens is 1. The van der Waals surface area contributed by atoms with Crippen molar-refractivity contribution in [2.45, 2.75) is 16.7 Å². The third-order valence-corrected chi connectivity index (χ3v) is 4.56. The van der Waals surface area contributed by atoms with Crippen LogP contribution in [0.4, 0.5) is 0 Å². The van der Waals surface area contributed by atoms with Gasteiger partial charge < -0.3 is 9.40 Å². The molecule has 0 radical (unpaired) electrons. The lowest BCUT2D eigenvalue weighted by atomic mass is 10.1. The van der Waals surface area contributed by atoms with Crippen LogP contribution < -0.4 is 5.43 Å². The highest BCUT2D eigenvalue weighted by Crippen LogP contribution is 2.28. The van der Waals surface area contributed by atoms with Crippen molar-refractivity contribution in [3.05, 3.63) is 78.1 Å². The zero-order valence-electron chi connectivity index (χ0n) is 14.3. The summed E-state index contributed by atoms with van der Waals surface area (Å²) in [5.41, 5.74) is 5.33. The van der Waals surface area contributed by atoms with Gasteiger partial charge in [0.1, 0.15) is 5.76 Å². The summed E-state index contributed by atoms with van der Waals surface area (Å²) >= 11 is 1.39. The highest BCUT2D eigenvalue weighted by molar-refractivity contribution is 7.99. The summed E-state index contributed by atoms with van der Waals surface area (Å²) in [4.78, 5) is 19.6. The van der Waals surface area contributed by atoms with Gasteiger partial charge in [0.25, 0.3) is 0 Å². The van der Waals surface area contributed by atoms with Crippen molar-refractivity contribution in [1.29, 1.82) is 0 Å². The number of aromatic nitrogens is 2. The fourth-order valence-electron chi connectivity index (χ4n) is 2.52. The molecule has 1 amide bonds. The molecule has 27 heavy (non-hydrogen) atoms. The van der Waals surface area contributed by atoms with Crippen molar-refractivity contribution in [3.8, 4) is 0 Å². The van der Waals surface area contributed by atoms with Crippen LogP contribution >= 0.6 is 11.8 Å². The van der Waals surface area contributed by atoms with Gasteiger partial charge in [-0.2, -0.15) is 5.10 Å². The van der Waals surface area contributed by atoms with Gasteiger partial charge in [-0.3, -0.25) is 4.79 Å². The number of aromatic amines is 1. The van der Waals surface area contributed by atoms with Crippen LogP contribution in [0.25, 0.3) is 11.0 Å². The number of benzene rings is 2. The molecule has 0 saturated heterocycles. The van der Waals surface area contributed by atoms with Crippen molar-refractivity contribution >= 4 is 34.9 Å². The van der Waals surface area contributed by atoms with Crippen LogP contribution in [0.5, 0.6) is 0 Å². The third kappa shape index (κ3) is 4.45. The molecule has 134 valence electrons. The monoisotopic (exact) mass is 376 g/mol. The average Bonchev–Trinajstić information content (AvgIpc) is 3.29. The topological polar surface area (TPSA) is 83.3 Å². The lowest BCUT2D eigenvalue weighted by molar-refractivity contribution is -0.120. The van der Waals surface area contributed by atoms with Crippen molar-refractivity contribution in [2.24, 2.45) is 5.10 Å². The second-order valence-corrected chi connectivity index (χ2v) is 6.77. The van der Waals surface area contributed by atoms with Gasteiger partial charge in [0.15, 0.2) is 10.2 Å². The van der Waals surface area contributed by atoms with E-state index in [0.717, 1.165) is 21.8 Å². The van der Waals surface area contributed by atoms with E-state index in [2.05, 4.69) is 20.5 Å². The minimum atomic E-state index is -0.180. The summed E-state index contributed by atoms with van der Waals surface area (Å²) in [6, 6.07) is 21.0. The molecule has 6 nitrogen and oxygen atoms in total. The number of fused-ring (bicyclic) bond motifs is 1. The minimum absolute atomic E-state index is 0.180. The summed E-state index contributed by atoms with van der Waals surface area (Å²) in [5, 5.41) is 5.38. The van der Waals surface area contributed by atoms with Crippen LogP contribution in [0, 0.1) is 0 Å². The predicted octanol–water partition coefficient (Wildman–Crippen LogP) is 4.00. The van der Waals surface area contributed by atoms with E-state index < -0.39 is 0 Å². The quantitative estimate of drug-likeness (QED) is 0.394. The number of nitrogens with one attached hydrogen (secondary N) is 2. The number of para-hydroxylation sites is 2. The van der Waals surface area contributed by atoms with Crippen molar-refractivity contribution < 1.29 is 9.21 Å². The van der Waals surface area contributed by atoms with E-state index in [1.54, 1.807) is 6.07 Å². The number of furan rings is 1. The molecule has 0 spiro atoms. The third-order valence-electron chi connectivity index (χ3n) is 3.76. The maximum absolute atomic E-state index is 11.9. The van der Waals surface area contributed by atoms with Crippen LogP contribution in [-0.4, -0.2) is 22.1 Å². The summed E-state index contributed by atoms with van der Waals surface area (Å²) in [6.07, 6.45) is 1.76. The van der Waals surface area contributed by atoms with Gasteiger partial charge in [0.05, 0.1) is 23.7 Å². The van der Waals surface area contributed by atoms with E-state index in [1.807, 2.05) is 60.7 Å². The Morgan fingerprint density at radius 2 is 1.93 bits per heavy atom. The van der Waals surface area contributed by atoms with Gasteiger partial charge in [0, 0.05) is 0 Å². The van der Waals surface area contributed by atoms with E-state index in [1.165, 1.54) is 18.0 Å². The van der Waals surface area contributed by atoms with Crippen LogP contribution in [0.3, 0.4) is 0 Å². The molecule has 2 aromatic heterocycles. The van der Waals surface area contributed by atoms with E-state index in [9.17, 15) is 4.79 Å². The molecule has 4 rings (SSSR count).